The summed E-state index contributed by atoms with van der Waals surface area (Å²) in [6.45, 7) is 0. The van der Waals surface area contributed by atoms with Gasteiger partial charge in [0.1, 0.15) is 11.6 Å². The number of halogens is 3. The van der Waals surface area contributed by atoms with Crippen molar-refractivity contribution in [2.45, 2.75) is 6.42 Å². The van der Waals surface area contributed by atoms with E-state index < -0.39 is 5.82 Å². The molecule has 1 aromatic heterocycles. The molecule has 0 bridgehead atoms. The van der Waals surface area contributed by atoms with E-state index in [1.54, 1.807) is 12.3 Å². The molecule has 0 aliphatic carbocycles. The predicted octanol–water partition coefficient (Wildman–Crippen LogP) is 4.32. The van der Waals surface area contributed by atoms with Crippen LogP contribution in [-0.2, 0) is 6.42 Å². The quantitative estimate of drug-likeness (QED) is 0.718. The maximum absolute atomic E-state index is 13.2. The second kappa shape index (κ2) is 4.25. The van der Waals surface area contributed by atoms with Crippen LogP contribution < -0.4 is 0 Å². The van der Waals surface area contributed by atoms with Gasteiger partial charge in [0, 0.05) is 11.4 Å². The third-order valence-electron chi connectivity index (χ3n) is 2.03. The Morgan fingerprint density at radius 3 is 2.67 bits per heavy atom. The molecule has 0 saturated carbocycles. The van der Waals surface area contributed by atoms with Crippen LogP contribution >= 0.6 is 23.2 Å². The van der Waals surface area contributed by atoms with E-state index in [1.807, 2.05) is 6.07 Å². The monoisotopic (exact) mass is 244 g/mol. The third kappa shape index (κ3) is 2.33. The highest BCUT2D eigenvalue weighted by molar-refractivity contribution is 6.35. The van der Waals surface area contributed by atoms with Crippen molar-refractivity contribution in [2.75, 3.05) is 0 Å². The minimum atomic E-state index is -0.470. The Hall–Kier alpha value is -0.990. The topological polar surface area (TPSA) is 13.1 Å². The van der Waals surface area contributed by atoms with E-state index in [4.69, 9.17) is 27.6 Å². The molecular weight excluding hydrogens is 238 g/mol. The van der Waals surface area contributed by atoms with Gasteiger partial charge in [-0.3, -0.25) is 0 Å². The van der Waals surface area contributed by atoms with Gasteiger partial charge in [0.05, 0.1) is 11.3 Å². The summed E-state index contributed by atoms with van der Waals surface area (Å²) < 4.78 is 18.3. The molecule has 0 saturated heterocycles. The molecule has 0 unspecified atom stereocenters. The lowest BCUT2D eigenvalue weighted by Crippen LogP contribution is -1.90. The lowest BCUT2D eigenvalue weighted by atomic mass is 10.1. The van der Waals surface area contributed by atoms with Crippen LogP contribution in [0.4, 0.5) is 4.39 Å². The minimum Gasteiger partial charge on any atom is -0.469 e. The summed E-state index contributed by atoms with van der Waals surface area (Å²) in [5.41, 5.74) is 0.661. The predicted molar refractivity (Wildman–Crippen MR) is 57.9 cm³/mol. The first-order valence-corrected chi connectivity index (χ1v) is 5.08. The van der Waals surface area contributed by atoms with Gasteiger partial charge in [0.25, 0.3) is 0 Å². The average molecular weight is 245 g/mol. The zero-order valence-corrected chi connectivity index (χ0v) is 9.15. The summed E-state index contributed by atoms with van der Waals surface area (Å²) in [7, 11) is 0. The van der Waals surface area contributed by atoms with Crippen molar-refractivity contribution in [3.05, 3.63) is 57.7 Å². The lowest BCUT2D eigenvalue weighted by Gasteiger charge is -2.03. The second-order valence-electron chi connectivity index (χ2n) is 3.11. The summed E-state index contributed by atoms with van der Waals surface area (Å²) >= 11 is 11.5. The highest BCUT2D eigenvalue weighted by Crippen LogP contribution is 2.26. The Labute approximate surface area is 96.4 Å². The van der Waals surface area contributed by atoms with Crippen molar-refractivity contribution in [1.29, 1.82) is 0 Å². The van der Waals surface area contributed by atoms with Gasteiger partial charge in [-0.1, -0.05) is 23.2 Å². The highest BCUT2D eigenvalue weighted by Gasteiger charge is 2.08. The fourth-order valence-electron chi connectivity index (χ4n) is 1.30. The first-order chi connectivity index (χ1) is 7.16. The number of hydrogen-bond acceptors (Lipinski definition) is 1. The normalized spacial score (nSPS) is 10.6. The smallest absolute Gasteiger partial charge is 0.142 e. The molecule has 0 spiro atoms. The molecule has 4 heteroatoms. The number of furan rings is 1. The third-order valence-corrected chi connectivity index (χ3v) is 2.68. The van der Waals surface area contributed by atoms with E-state index >= 15 is 0 Å². The van der Waals surface area contributed by atoms with Crippen molar-refractivity contribution in [3.63, 3.8) is 0 Å². The lowest BCUT2D eigenvalue weighted by molar-refractivity contribution is 0.520. The van der Waals surface area contributed by atoms with Crippen LogP contribution in [0.2, 0.25) is 10.0 Å². The average Bonchev–Trinajstić information content (AvgIpc) is 2.67. The van der Waals surface area contributed by atoms with E-state index in [0.29, 0.717) is 17.0 Å². The van der Waals surface area contributed by atoms with Crippen LogP contribution in [-0.4, -0.2) is 0 Å². The second-order valence-corrected chi connectivity index (χ2v) is 3.93. The first kappa shape index (κ1) is 10.5. The largest absolute Gasteiger partial charge is 0.469 e. The van der Waals surface area contributed by atoms with Crippen molar-refractivity contribution in [3.8, 4) is 0 Å². The summed E-state index contributed by atoms with van der Waals surface area (Å²) in [6.07, 6.45) is 2.02. The minimum absolute atomic E-state index is 0.0307. The molecule has 0 atom stereocenters. The van der Waals surface area contributed by atoms with Crippen LogP contribution in [0.25, 0.3) is 0 Å². The van der Waals surface area contributed by atoms with Crippen LogP contribution in [0.5, 0.6) is 0 Å². The van der Waals surface area contributed by atoms with Crippen molar-refractivity contribution in [2.24, 2.45) is 0 Å². The maximum atomic E-state index is 13.2. The molecular formula is C11H7Cl2FO. The molecule has 0 fully saturated rings. The van der Waals surface area contributed by atoms with Crippen LogP contribution in [0.15, 0.2) is 34.9 Å². The Kier molecular flexibility index (Phi) is 2.98. The Balaban J connectivity index is 2.33. The van der Waals surface area contributed by atoms with Gasteiger partial charge in [0.15, 0.2) is 0 Å². The molecule has 1 aromatic carbocycles. The number of rotatable bonds is 2. The molecule has 0 aliphatic rings. The van der Waals surface area contributed by atoms with E-state index in [0.717, 1.165) is 5.76 Å². The SMILES string of the molecule is Fc1cc(Cc2ccco2)c(Cl)cc1Cl. The molecule has 0 radical (unpaired) electrons. The molecule has 15 heavy (non-hydrogen) atoms. The highest BCUT2D eigenvalue weighted by atomic mass is 35.5. The molecule has 0 N–H and O–H groups in total. The van der Waals surface area contributed by atoms with Crippen molar-refractivity contribution < 1.29 is 8.81 Å². The summed E-state index contributed by atoms with van der Waals surface area (Å²) in [5.74, 6) is 0.265. The summed E-state index contributed by atoms with van der Waals surface area (Å²) in [4.78, 5) is 0. The van der Waals surface area contributed by atoms with Gasteiger partial charge in [-0.15, -0.1) is 0 Å². The first-order valence-electron chi connectivity index (χ1n) is 4.32. The fourth-order valence-corrected chi connectivity index (χ4v) is 1.75. The van der Waals surface area contributed by atoms with Gasteiger partial charge in [0.2, 0.25) is 0 Å². The van der Waals surface area contributed by atoms with Gasteiger partial charge in [-0.2, -0.15) is 0 Å². The van der Waals surface area contributed by atoms with Gasteiger partial charge >= 0.3 is 0 Å². The molecule has 0 amide bonds. The van der Waals surface area contributed by atoms with Crippen LogP contribution in [0.1, 0.15) is 11.3 Å². The molecule has 1 heterocycles. The van der Waals surface area contributed by atoms with E-state index in [-0.39, 0.29) is 5.02 Å². The van der Waals surface area contributed by atoms with E-state index in [9.17, 15) is 4.39 Å². The van der Waals surface area contributed by atoms with Crippen molar-refractivity contribution in [1.82, 2.24) is 0 Å². The van der Waals surface area contributed by atoms with Gasteiger partial charge in [-0.05, 0) is 29.8 Å². The summed E-state index contributed by atoms with van der Waals surface area (Å²) in [6, 6.07) is 6.31. The zero-order chi connectivity index (χ0) is 10.8. The van der Waals surface area contributed by atoms with Gasteiger partial charge < -0.3 is 4.42 Å². The Morgan fingerprint density at radius 2 is 2.00 bits per heavy atom. The molecule has 78 valence electrons. The Bertz CT molecular complexity index is 466. The maximum Gasteiger partial charge on any atom is 0.142 e. The molecule has 1 nitrogen and oxygen atoms in total. The number of benzene rings is 1. The molecule has 2 rings (SSSR count). The standard InChI is InChI=1S/C11H7Cl2FO/c12-9-6-10(13)11(14)5-7(9)4-8-2-1-3-15-8/h1-3,5-6H,4H2. The molecule has 2 aromatic rings. The van der Waals surface area contributed by atoms with Crippen LogP contribution in [0, 0.1) is 5.82 Å². The molecule has 0 aliphatic heterocycles. The number of hydrogen-bond donors (Lipinski definition) is 0. The van der Waals surface area contributed by atoms with E-state index in [2.05, 4.69) is 0 Å². The van der Waals surface area contributed by atoms with Crippen molar-refractivity contribution >= 4 is 23.2 Å². The fraction of sp³-hybridized carbons (Fsp3) is 0.0909. The van der Waals surface area contributed by atoms with E-state index in [1.165, 1.54) is 12.1 Å². The Morgan fingerprint density at radius 1 is 1.20 bits per heavy atom. The van der Waals surface area contributed by atoms with Crippen LogP contribution in [0.3, 0.4) is 0 Å². The van der Waals surface area contributed by atoms with Gasteiger partial charge in [-0.25, -0.2) is 4.39 Å². The summed E-state index contributed by atoms with van der Waals surface area (Å²) in [5, 5.41) is 0.473. The zero-order valence-electron chi connectivity index (χ0n) is 7.64.